The molecule has 0 aliphatic carbocycles. The molecule has 1 amide bonds. The molecule has 1 heterocycles. The van der Waals surface area contributed by atoms with Gasteiger partial charge >= 0.3 is 10.4 Å². The number of rotatable bonds is 11. The van der Waals surface area contributed by atoms with E-state index < -0.39 is 59.4 Å². The molecule has 0 aromatic heterocycles. The average molecular weight is 575 g/mol. The van der Waals surface area contributed by atoms with Crippen molar-refractivity contribution in [2.24, 2.45) is 5.73 Å². The number of hydrogen-bond donors (Lipinski definition) is 6. The first-order chi connectivity index (χ1) is 18.5. The van der Waals surface area contributed by atoms with Gasteiger partial charge in [0, 0.05) is 36.9 Å². The first kappa shape index (κ1) is 30.2. The zero-order valence-electron chi connectivity index (χ0n) is 21.1. The number of amides is 1. The molecule has 1 fully saturated rings. The fourth-order valence-corrected chi connectivity index (χ4v) is 4.42. The molecule has 2 aromatic carbocycles. The minimum Gasteiger partial charge on any atom is -0.496 e. The van der Waals surface area contributed by atoms with Crippen LogP contribution in [0.2, 0.25) is 0 Å². The number of carbonyl (C=O) groups is 1. The highest BCUT2D eigenvalue weighted by Crippen LogP contribution is 2.36. The maximum atomic E-state index is 12.9. The molecule has 1 saturated heterocycles. The molecule has 7 N–H and O–H groups in total. The van der Waals surface area contributed by atoms with Gasteiger partial charge in [-0.1, -0.05) is 0 Å². The van der Waals surface area contributed by atoms with Crippen molar-refractivity contribution in [3.05, 3.63) is 41.5 Å². The summed E-state index contributed by atoms with van der Waals surface area (Å²) >= 11 is 0. The van der Waals surface area contributed by atoms with Gasteiger partial charge in [0.2, 0.25) is 6.29 Å². The van der Waals surface area contributed by atoms with E-state index in [-0.39, 0.29) is 35.1 Å². The van der Waals surface area contributed by atoms with Gasteiger partial charge in [0.25, 0.3) is 5.91 Å². The normalized spacial score (nSPS) is 23.0. The monoisotopic (exact) mass is 574 g/mol. The highest BCUT2D eigenvalue weighted by atomic mass is 32.3. The third-order valence-corrected chi connectivity index (χ3v) is 6.48. The second-order valence-electron chi connectivity index (χ2n) is 8.14. The number of hydrogen-bond acceptors (Lipinski definition) is 14. The highest BCUT2D eigenvalue weighted by Gasteiger charge is 2.45. The van der Waals surface area contributed by atoms with Crippen LogP contribution in [0.3, 0.4) is 0 Å². The molecule has 39 heavy (non-hydrogen) atoms. The Labute approximate surface area is 223 Å². The van der Waals surface area contributed by atoms with Crippen molar-refractivity contribution in [3.8, 4) is 28.7 Å². The number of carbonyl (C=O) groups excluding carboxylic acids is 1. The molecule has 15 nitrogen and oxygen atoms in total. The number of aliphatic hydroxyl groups is 4. The Balaban J connectivity index is 1.95. The molecule has 1 aliphatic rings. The van der Waals surface area contributed by atoms with Crippen LogP contribution in [0.1, 0.15) is 15.9 Å². The van der Waals surface area contributed by atoms with Crippen LogP contribution in [0.15, 0.2) is 30.3 Å². The molecule has 0 spiro atoms. The Bertz CT molecular complexity index is 1250. The summed E-state index contributed by atoms with van der Waals surface area (Å²) in [7, 11) is -0.865. The van der Waals surface area contributed by atoms with Crippen LogP contribution in [-0.4, -0.2) is 93.3 Å². The number of methoxy groups -OCH3 is 2. The summed E-state index contributed by atoms with van der Waals surface area (Å²) in [6, 6.07) is 5.94. The molecule has 1 aliphatic heterocycles. The number of benzene rings is 2. The van der Waals surface area contributed by atoms with E-state index >= 15 is 0 Å². The predicted molar refractivity (Wildman–Crippen MR) is 132 cm³/mol. The minimum atomic E-state index is -4.90. The molecule has 0 bridgehead atoms. The van der Waals surface area contributed by atoms with Crippen LogP contribution in [-0.2, 0) is 21.7 Å². The van der Waals surface area contributed by atoms with E-state index in [0.29, 0.717) is 5.56 Å². The van der Waals surface area contributed by atoms with Crippen molar-refractivity contribution >= 4 is 16.3 Å². The van der Waals surface area contributed by atoms with Crippen LogP contribution >= 0.6 is 0 Å². The first-order valence-electron chi connectivity index (χ1n) is 11.4. The van der Waals surface area contributed by atoms with Crippen molar-refractivity contribution in [2.75, 3.05) is 27.9 Å². The van der Waals surface area contributed by atoms with E-state index in [1.165, 1.54) is 39.5 Å². The Hall–Kier alpha value is -3.38. The molecule has 1 unspecified atom stereocenters. The number of nitrogens with one attached hydrogen (secondary N) is 1. The largest absolute Gasteiger partial charge is 0.501 e. The lowest BCUT2D eigenvalue weighted by atomic mass is 9.99. The summed E-state index contributed by atoms with van der Waals surface area (Å²) in [5.41, 5.74) is 6.14. The third kappa shape index (κ3) is 6.80. The molecule has 0 saturated carbocycles. The van der Waals surface area contributed by atoms with Crippen molar-refractivity contribution in [3.63, 3.8) is 0 Å². The summed E-state index contributed by atoms with van der Waals surface area (Å²) < 4.78 is 57.2. The highest BCUT2D eigenvalue weighted by molar-refractivity contribution is 7.82. The summed E-state index contributed by atoms with van der Waals surface area (Å²) in [4.78, 5) is 12.2. The summed E-state index contributed by atoms with van der Waals surface area (Å²) in [5, 5.41) is 42.1. The lowest BCUT2D eigenvalue weighted by Gasteiger charge is -2.39. The summed E-state index contributed by atoms with van der Waals surface area (Å²) in [5.74, 6) is -1.37. The zero-order chi connectivity index (χ0) is 28.9. The lowest BCUT2D eigenvalue weighted by Crippen LogP contribution is -2.60. The quantitative estimate of drug-likeness (QED) is 0.178. The van der Waals surface area contributed by atoms with E-state index in [1.54, 1.807) is 0 Å². The maximum Gasteiger partial charge on any atom is 0.501 e. The Morgan fingerprint density at radius 1 is 0.974 bits per heavy atom. The molecule has 0 radical (unpaired) electrons. The molecule has 5 atom stereocenters. The molecule has 216 valence electrons. The summed E-state index contributed by atoms with van der Waals surface area (Å²) in [6.45, 7) is -0.692. The smallest absolute Gasteiger partial charge is 0.496 e. The van der Waals surface area contributed by atoms with Gasteiger partial charge < -0.3 is 58.8 Å². The van der Waals surface area contributed by atoms with Crippen LogP contribution in [0.25, 0.3) is 0 Å². The van der Waals surface area contributed by atoms with Crippen molar-refractivity contribution in [1.29, 1.82) is 0 Å². The van der Waals surface area contributed by atoms with E-state index in [9.17, 15) is 33.6 Å². The van der Waals surface area contributed by atoms with Gasteiger partial charge in [-0.2, -0.15) is 0 Å². The summed E-state index contributed by atoms with van der Waals surface area (Å²) in [6.07, 6.45) is -8.18. The Morgan fingerprint density at radius 3 is 2.15 bits per heavy atom. The van der Waals surface area contributed by atoms with E-state index in [2.05, 4.69) is 5.32 Å². The maximum absolute atomic E-state index is 12.9. The zero-order valence-corrected chi connectivity index (χ0v) is 22.0. The van der Waals surface area contributed by atoms with Crippen LogP contribution in [0.4, 0.5) is 0 Å². The molecule has 3 rings (SSSR count). The average Bonchev–Trinajstić information content (AvgIpc) is 2.92. The second kappa shape index (κ2) is 12.6. The standard InChI is InChI=1S/C23H30N2O13S/c1-25-22(30)11-4-5-14(35-23-21(29)20(28)19(27)18(10-26)36-23)17(6-11)38-39(31,32)37-12-7-15(33-2)13(9-24)16(8-12)34-3/h4-8,18-21,23,26-29H,9-10,24H2,1-3H3,(H,25,30)/t18-,19+,20+,21-,23?/m1/s1. The fourth-order valence-electron chi connectivity index (χ4n) is 3.70. The Morgan fingerprint density at radius 2 is 1.62 bits per heavy atom. The van der Waals surface area contributed by atoms with Gasteiger partial charge in [-0.3, -0.25) is 4.79 Å². The van der Waals surface area contributed by atoms with Crippen molar-refractivity contribution < 1.29 is 61.0 Å². The van der Waals surface area contributed by atoms with Crippen molar-refractivity contribution in [2.45, 2.75) is 37.3 Å². The van der Waals surface area contributed by atoms with Crippen LogP contribution < -0.4 is 33.6 Å². The number of ether oxygens (including phenoxy) is 4. The molecule has 2 aromatic rings. The molecular formula is C23H30N2O13S. The van der Waals surface area contributed by atoms with Gasteiger partial charge in [0.1, 0.15) is 35.9 Å². The van der Waals surface area contributed by atoms with Gasteiger partial charge in [-0.05, 0) is 18.2 Å². The number of nitrogens with two attached hydrogens (primary N) is 1. The van der Waals surface area contributed by atoms with E-state index in [0.717, 1.165) is 12.1 Å². The molecular weight excluding hydrogens is 544 g/mol. The third-order valence-electron chi connectivity index (χ3n) is 5.70. The Kier molecular flexibility index (Phi) is 9.78. The molecule has 16 heteroatoms. The SMILES string of the molecule is CNC(=O)c1ccc(OC2O[C@H](CO)[C@H](O)[C@H](O)[C@H]2O)c(OS(=O)(=O)Oc2cc(OC)c(CN)c(OC)c2)c1. The first-order valence-corrected chi connectivity index (χ1v) is 12.7. The minimum absolute atomic E-state index is 0.0283. The van der Waals surface area contributed by atoms with Gasteiger partial charge in [0.15, 0.2) is 17.2 Å². The van der Waals surface area contributed by atoms with Gasteiger partial charge in [-0.25, -0.2) is 0 Å². The van der Waals surface area contributed by atoms with Crippen LogP contribution in [0.5, 0.6) is 28.7 Å². The fraction of sp³-hybridized carbons (Fsp3) is 0.435. The van der Waals surface area contributed by atoms with Crippen LogP contribution in [0, 0.1) is 0 Å². The lowest BCUT2D eigenvalue weighted by molar-refractivity contribution is -0.277. The van der Waals surface area contributed by atoms with Gasteiger partial charge in [0.05, 0.1) is 20.8 Å². The van der Waals surface area contributed by atoms with Crippen molar-refractivity contribution in [1.82, 2.24) is 5.32 Å². The second-order valence-corrected chi connectivity index (χ2v) is 9.29. The van der Waals surface area contributed by atoms with E-state index in [1.807, 2.05) is 0 Å². The predicted octanol–water partition coefficient (Wildman–Crippen LogP) is -1.60. The van der Waals surface area contributed by atoms with Gasteiger partial charge in [-0.15, -0.1) is 8.42 Å². The van der Waals surface area contributed by atoms with E-state index in [4.69, 9.17) is 33.0 Å². The number of aliphatic hydroxyl groups excluding tert-OH is 4. The topological polar surface area (TPSA) is 226 Å².